The van der Waals surface area contributed by atoms with Gasteiger partial charge >= 0.3 is 6.18 Å². The lowest BCUT2D eigenvalue weighted by atomic mass is 9.78. The van der Waals surface area contributed by atoms with Crippen LogP contribution in [0.1, 0.15) is 32.1 Å². The van der Waals surface area contributed by atoms with Gasteiger partial charge in [-0.1, -0.05) is 6.42 Å². The van der Waals surface area contributed by atoms with Gasteiger partial charge in [0.15, 0.2) is 0 Å². The molecule has 1 fully saturated rings. The van der Waals surface area contributed by atoms with Crippen LogP contribution in [0, 0.1) is 11.8 Å². The molecule has 0 aliphatic heterocycles. The Morgan fingerprint density at radius 1 is 1.33 bits per heavy atom. The molecule has 1 rings (SSSR count). The second-order valence-electron chi connectivity index (χ2n) is 4.31. The van der Waals surface area contributed by atoms with E-state index in [-0.39, 0.29) is 18.8 Å². The lowest BCUT2D eigenvalue weighted by molar-refractivity contribution is -0.188. The van der Waals surface area contributed by atoms with E-state index >= 15 is 0 Å². The first kappa shape index (κ1) is 12.8. The van der Waals surface area contributed by atoms with E-state index in [0.29, 0.717) is 25.8 Å². The zero-order valence-electron chi connectivity index (χ0n) is 8.63. The lowest BCUT2D eigenvalue weighted by Gasteiger charge is -2.33. The van der Waals surface area contributed by atoms with E-state index in [9.17, 15) is 18.3 Å². The molecule has 3 N–H and O–H groups in total. The number of halogens is 3. The second-order valence-corrected chi connectivity index (χ2v) is 4.31. The van der Waals surface area contributed by atoms with Gasteiger partial charge in [-0.25, -0.2) is 0 Å². The summed E-state index contributed by atoms with van der Waals surface area (Å²) < 4.78 is 37.4. The fraction of sp³-hybridized carbons (Fsp3) is 1.00. The van der Waals surface area contributed by atoms with E-state index < -0.39 is 18.2 Å². The van der Waals surface area contributed by atoms with E-state index in [1.54, 1.807) is 0 Å². The maximum Gasteiger partial charge on any atom is 0.391 e. The first-order valence-corrected chi connectivity index (χ1v) is 5.40. The molecule has 0 radical (unpaired) electrons. The molecule has 0 aromatic carbocycles. The number of hydrogen-bond acceptors (Lipinski definition) is 2. The summed E-state index contributed by atoms with van der Waals surface area (Å²) in [6.45, 7) is 0.328. The fourth-order valence-electron chi connectivity index (χ4n) is 2.28. The molecule has 0 heterocycles. The highest BCUT2D eigenvalue weighted by atomic mass is 19.4. The van der Waals surface area contributed by atoms with Crippen molar-refractivity contribution in [1.82, 2.24) is 0 Å². The van der Waals surface area contributed by atoms with Crippen LogP contribution in [-0.4, -0.2) is 23.9 Å². The summed E-state index contributed by atoms with van der Waals surface area (Å²) in [5.74, 6) is -1.46. The Morgan fingerprint density at radius 2 is 2.00 bits per heavy atom. The Bertz CT molecular complexity index is 196. The van der Waals surface area contributed by atoms with Crippen LogP contribution < -0.4 is 5.73 Å². The molecule has 0 saturated heterocycles. The number of hydrogen-bond donors (Lipinski definition) is 2. The SMILES string of the molecule is NCCC(O)C1CCCC(C(F)(F)F)C1. The predicted octanol–water partition coefficient (Wildman–Crippen LogP) is 2.06. The van der Waals surface area contributed by atoms with Crippen LogP contribution in [0.4, 0.5) is 13.2 Å². The third kappa shape index (κ3) is 3.65. The van der Waals surface area contributed by atoms with Crippen molar-refractivity contribution in [3.05, 3.63) is 0 Å². The van der Waals surface area contributed by atoms with Crippen LogP contribution >= 0.6 is 0 Å². The maximum absolute atomic E-state index is 12.5. The smallest absolute Gasteiger partial charge is 0.391 e. The number of aliphatic hydroxyl groups is 1. The van der Waals surface area contributed by atoms with Crippen molar-refractivity contribution in [3.8, 4) is 0 Å². The summed E-state index contributed by atoms with van der Waals surface area (Å²) in [6, 6.07) is 0. The third-order valence-corrected chi connectivity index (χ3v) is 3.18. The zero-order valence-corrected chi connectivity index (χ0v) is 8.63. The molecule has 3 unspecified atom stereocenters. The van der Waals surface area contributed by atoms with Crippen LogP contribution in [-0.2, 0) is 0 Å². The van der Waals surface area contributed by atoms with Gasteiger partial charge in [0.2, 0.25) is 0 Å². The molecule has 1 saturated carbocycles. The minimum Gasteiger partial charge on any atom is -0.393 e. The van der Waals surface area contributed by atoms with Crippen molar-refractivity contribution in [1.29, 1.82) is 0 Å². The maximum atomic E-state index is 12.5. The van der Waals surface area contributed by atoms with E-state index in [0.717, 1.165) is 0 Å². The van der Waals surface area contributed by atoms with Crippen molar-refractivity contribution in [3.63, 3.8) is 0 Å². The van der Waals surface area contributed by atoms with Crippen LogP contribution in [0.15, 0.2) is 0 Å². The van der Waals surface area contributed by atoms with Crippen molar-refractivity contribution < 1.29 is 18.3 Å². The molecule has 1 aliphatic carbocycles. The van der Waals surface area contributed by atoms with Crippen molar-refractivity contribution in [2.24, 2.45) is 17.6 Å². The molecule has 0 bridgehead atoms. The van der Waals surface area contributed by atoms with Gasteiger partial charge in [-0.05, 0) is 38.1 Å². The van der Waals surface area contributed by atoms with Crippen molar-refractivity contribution in [2.75, 3.05) is 6.54 Å². The molecule has 3 atom stereocenters. The number of aliphatic hydroxyl groups excluding tert-OH is 1. The van der Waals surface area contributed by atoms with E-state index in [2.05, 4.69) is 0 Å². The highest BCUT2D eigenvalue weighted by Gasteiger charge is 2.43. The van der Waals surface area contributed by atoms with E-state index in [1.807, 2.05) is 0 Å². The van der Waals surface area contributed by atoms with E-state index in [4.69, 9.17) is 5.73 Å². The van der Waals surface area contributed by atoms with Crippen LogP contribution in [0.2, 0.25) is 0 Å². The molecule has 1 aliphatic rings. The van der Waals surface area contributed by atoms with Crippen LogP contribution in [0.5, 0.6) is 0 Å². The topological polar surface area (TPSA) is 46.2 Å². The Hall–Kier alpha value is -0.290. The summed E-state index contributed by atoms with van der Waals surface area (Å²) in [6.07, 6.45) is -2.87. The molecule has 0 aromatic rings. The minimum absolute atomic E-state index is 0.0602. The van der Waals surface area contributed by atoms with Crippen molar-refractivity contribution in [2.45, 2.75) is 44.4 Å². The standard InChI is InChI=1S/C10H18F3NO/c11-10(12,13)8-3-1-2-7(6-8)9(15)4-5-14/h7-9,15H,1-6,14H2. The van der Waals surface area contributed by atoms with Crippen LogP contribution in [0.25, 0.3) is 0 Å². The van der Waals surface area contributed by atoms with Gasteiger partial charge in [-0.2, -0.15) is 13.2 Å². The highest BCUT2D eigenvalue weighted by Crippen LogP contribution is 2.41. The molecule has 0 amide bonds. The Labute approximate surface area is 87.6 Å². The Morgan fingerprint density at radius 3 is 2.53 bits per heavy atom. The lowest BCUT2D eigenvalue weighted by Crippen LogP contribution is -2.34. The molecule has 2 nitrogen and oxygen atoms in total. The van der Waals surface area contributed by atoms with Gasteiger partial charge < -0.3 is 10.8 Å². The van der Waals surface area contributed by atoms with Gasteiger partial charge in [-0.15, -0.1) is 0 Å². The number of rotatable bonds is 3. The summed E-state index contributed by atoms with van der Waals surface area (Å²) in [5.41, 5.74) is 5.27. The Balaban J connectivity index is 2.48. The highest BCUT2D eigenvalue weighted by molar-refractivity contribution is 4.81. The average molecular weight is 225 g/mol. The predicted molar refractivity (Wildman–Crippen MR) is 51.2 cm³/mol. The van der Waals surface area contributed by atoms with Gasteiger partial charge in [0.05, 0.1) is 12.0 Å². The number of nitrogens with two attached hydrogens (primary N) is 1. The van der Waals surface area contributed by atoms with Gasteiger partial charge in [0.25, 0.3) is 0 Å². The summed E-state index contributed by atoms with van der Waals surface area (Å²) >= 11 is 0. The number of alkyl halides is 3. The van der Waals surface area contributed by atoms with E-state index in [1.165, 1.54) is 0 Å². The Kier molecular flexibility index (Phi) is 4.40. The summed E-state index contributed by atoms with van der Waals surface area (Å²) in [7, 11) is 0. The molecular weight excluding hydrogens is 207 g/mol. The monoisotopic (exact) mass is 225 g/mol. The molecule has 5 heteroatoms. The first-order chi connectivity index (χ1) is 6.95. The largest absolute Gasteiger partial charge is 0.393 e. The molecule has 15 heavy (non-hydrogen) atoms. The molecule has 0 aromatic heterocycles. The first-order valence-electron chi connectivity index (χ1n) is 5.40. The summed E-state index contributed by atoms with van der Waals surface area (Å²) in [4.78, 5) is 0. The second kappa shape index (κ2) is 5.16. The summed E-state index contributed by atoms with van der Waals surface area (Å²) in [5, 5.41) is 9.61. The molecule has 90 valence electrons. The van der Waals surface area contributed by atoms with Gasteiger partial charge in [0.1, 0.15) is 0 Å². The van der Waals surface area contributed by atoms with Gasteiger partial charge in [-0.3, -0.25) is 0 Å². The molecule has 0 spiro atoms. The zero-order chi connectivity index (χ0) is 11.5. The average Bonchev–Trinajstić information content (AvgIpc) is 2.17. The minimum atomic E-state index is -4.11. The van der Waals surface area contributed by atoms with Crippen LogP contribution in [0.3, 0.4) is 0 Å². The van der Waals surface area contributed by atoms with Gasteiger partial charge in [0, 0.05) is 0 Å². The molecular formula is C10H18F3NO. The fourth-order valence-corrected chi connectivity index (χ4v) is 2.28. The normalized spacial score (nSPS) is 30.2. The van der Waals surface area contributed by atoms with Crippen molar-refractivity contribution >= 4 is 0 Å². The third-order valence-electron chi connectivity index (χ3n) is 3.18. The quantitative estimate of drug-likeness (QED) is 0.772.